The minimum absolute atomic E-state index is 0.221. The summed E-state index contributed by atoms with van der Waals surface area (Å²) in [5.41, 5.74) is 0.581. The Hall–Kier alpha value is -2.30. The fourth-order valence-electron chi connectivity index (χ4n) is 1.33. The van der Waals surface area contributed by atoms with Crippen molar-refractivity contribution < 1.29 is 14.1 Å². The van der Waals surface area contributed by atoms with Crippen LogP contribution in [0.2, 0.25) is 0 Å². The second-order valence-corrected chi connectivity index (χ2v) is 3.52. The summed E-state index contributed by atoms with van der Waals surface area (Å²) in [4.78, 5) is 11.0. The van der Waals surface area contributed by atoms with Crippen LogP contribution in [0.5, 0.6) is 11.5 Å². The molecule has 5 nitrogen and oxygen atoms in total. The molecule has 0 atom stereocenters. The summed E-state index contributed by atoms with van der Waals surface area (Å²) >= 11 is 0. The third-order valence-electron chi connectivity index (χ3n) is 2.06. The smallest absolute Gasteiger partial charge is 0.274 e. The van der Waals surface area contributed by atoms with Gasteiger partial charge in [-0.1, -0.05) is 23.4 Å². The molecule has 5 heteroatoms. The van der Waals surface area contributed by atoms with Gasteiger partial charge in [0, 0.05) is 6.92 Å². The van der Waals surface area contributed by atoms with Gasteiger partial charge in [0.2, 0.25) is 11.7 Å². The Labute approximate surface area is 98.4 Å². The van der Waals surface area contributed by atoms with E-state index in [1.165, 1.54) is 6.92 Å². The number of nitrogens with zero attached hydrogens (tertiary/aromatic N) is 1. The number of rotatable bonds is 3. The van der Waals surface area contributed by atoms with Crippen molar-refractivity contribution in [3.63, 3.8) is 0 Å². The molecule has 0 unspecified atom stereocenters. The number of hydrogen-bond acceptors (Lipinski definition) is 4. The van der Waals surface area contributed by atoms with Gasteiger partial charge in [0.25, 0.3) is 5.88 Å². The van der Waals surface area contributed by atoms with Crippen LogP contribution in [0, 0.1) is 6.92 Å². The molecular weight excluding hydrogens is 220 g/mol. The number of aryl methyl sites for hydroxylation is 1. The summed E-state index contributed by atoms with van der Waals surface area (Å²) in [5, 5.41) is 6.27. The molecule has 2 rings (SSSR count). The molecule has 2 aromatic rings. The summed E-state index contributed by atoms with van der Waals surface area (Å²) in [5.74, 6) is 1.06. The van der Waals surface area contributed by atoms with Crippen molar-refractivity contribution in [2.24, 2.45) is 0 Å². The molecule has 0 fully saturated rings. The third kappa shape index (κ3) is 2.63. The molecular formula is C12H12N2O3. The zero-order valence-electron chi connectivity index (χ0n) is 9.56. The molecule has 1 heterocycles. The lowest BCUT2D eigenvalue weighted by molar-refractivity contribution is -0.114. The number of amides is 1. The molecule has 0 saturated heterocycles. The van der Waals surface area contributed by atoms with E-state index >= 15 is 0 Å². The monoisotopic (exact) mass is 232 g/mol. The Morgan fingerprint density at radius 2 is 2.06 bits per heavy atom. The van der Waals surface area contributed by atoms with Gasteiger partial charge in [-0.15, -0.1) is 0 Å². The number of carbonyl (C=O) groups is 1. The first-order valence-corrected chi connectivity index (χ1v) is 5.13. The van der Waals surface area contributed by atoms with Gasteiger partial charge in [0.1, 0.15) is 11.4 Å². The number of nitrogens with one attached hydrogen (secondary N) is 1. The molecule has 0 aliphatic heterocycles. The molecule has 0 aliphatic rings. The zero-order chi connectivity index (χ0) is 12.3. The average molecular weight is 232 g/mol. The fourth-order valence-corrected chi connectivity index (χ4v) is 1.33. The Bertz CT molecular complexity index is 520. The van der Waals surface area contributed by atoms with Crippen LogP contribution in [0.1, 0.15) is 12.6 Å². The summed E-state index contributed by atoms with van der Waals surface area (Å²) < 4.78 is 10.6. The Morgan fingerprint density at radius 3 is 2.71 bits per heavy atom. The molecule has 1 aromatic heterocycles. The predicted octanol–water partition coefficient (Wildman–Crippen LogP) is 2.73. The molecule has 0 aliphatic carbocycles. The van der Waals surface area contributed by atoms with Crippen LogP contribution in [-0.2, 0) is 4.79 Å². The van der Waals surface area contributed by atoms with E-state index < -0.39 is 0 Å². The largest absolute Gasteiger partial charge is 0.450 e. The van der Waals surface area contributed by atoms with Crippen molar-refractivity contribution in [3.8, 4) is 11.5 Å². The van der Waals surface area contributed by atoms with Crippen LogP contribution in [0.15, 0.2) is 34.9 Å². The zero-order valence-corrected chi connectivity index (χ0v) is 9.56. The summed E-state index contributed by atoms with van der Waals surface area (Å²) in [7, 11) is 0. The highest BCUT2D eigenvalue weighted by molar-refractivity contribution is 5.88. The molecule has 1 N–H and O–H groups in total. The Morgan fingerprint density at radius 1 is 1.35 bits per heavy atom. The molecule has 1 amide bonds. The van der Waals surface area contributed by atoms with E-state index in [0.717, 1.165) is 0 Å². The van der Waals surface area contributed by atoms with Gasteiger partial charge in [-0.2, -0.15) is 0 Å². The summed E-state index contributed by atoms with van der Waals surface area (Å²) in [6.07, 6.45) is 0. The highest BCUT2D eigenvalue weighted by atomic mass is 16.5. The van der Waals surface area contributed by atoms with E-state index in [-0.39, 0.29) is 11.8 Å². The van der Waals surface area contributed by atoms with Gasteiger partial charge in [0.15, 0.2) is 0 Å². The number of aromatic nitrogens is 1. The summed E-state index contributed by atoms with van der Waals surface area (Å²) in [6.45, 7) is 3.14. The maximum absolute atomic E-state index is 11.0. The van der Waals surface area contributed by atoms with Crippen molar-refractivity contribution in [2.45, 2.75) is 13.8 Å². The lowest BCUT2D eigenvalue weighted by Gasteiger charge is -2.05. The second kappa shape index (κ2) is 4.69. The first-order chi connectivity index (χ1) is 8.16. The first-order valence-electron chi connectivity index (χ1n) is 5.13. The van der Waals surface area contributed by atoms with Crippen LogP contribution >= 0.6 is 0 Å². The van der Waals surface area contributed by atoms with E-state index in [1.54, 1.807) is 6.92 Å². The van der Waals surface area contributed by atoms with Crippen LogP contribution in [-0.4, -0.2) is 11.1 Å². The van der Waals surface area contributed by atoms with E-state index in [1.807, 2.05) is 30.3 Å². The Kier molecular flexibility index (Phi) is 3.09. The summed E-state index contributed by atoms with van der Waals surface area (Å²) in [6, 6.07) is 9.22. The number of anilines is 1. The number of benzene rings is 1. The van der Waals surface area contributed by atoms with E-state index in [4.69, 9.17) is 9.26 Å². The normalized spacial score (nSPS) is 10.0. The van der Waals surface area contributed by atoms with Gasteiger partial charge in [-0.25, -0.2) is 0 Å². The molecule has 1 aromatic carbocycles. The van der Waals surface area contributed by atoms with E-state index in [0.29, 0.717) is 17.2 Å². The minimum atomic E-state index is -0.237. The van der Waals surface area contributed by atoms with Crippen molar-refractivity contribution >= 4 is 11.8 Å². The van der Waals surface area contributed by atoms with Gasteiger partial charge in [-0.3, -0.25) is 10.1 Å². The van der Waals surface area contributed by atoms with Gasteiger partial charge in [0.05, 0.1) is 0 Å². The highest BCUT2D eigenvalue weighted by Gasteiger charge is 2.16. The first kappa shape index (κ1) is 11.2. The maximum Gasteiger partial charge on any atom is 0.274 e. The highest BCUT2D eigenvalue weighted by Crippen LogP contribution is 2.32. The number of carbonyl (C=O) groups excluding carboxylic acids is 1. The maximum atomic E-state index is 11.0. The molecule has 0 saturated carbocycles. The van der Waals surface area contributed by atoms with E-state index in [9.17, 15) is 4.79 Å². The van der Waals surface area contributed by atoms with Crippen LogP contribution in [0.25, 0.3) is 0 Å². The quantitative estimate of drug-likeness (QED) is 0.883. The van der Waals surface area contributed by atoms with Crippen LogP contribution in [0.3, 0.4) is 0 Å². The van der Waals surface area contributed by atoms with Crippen molar-refractivity contribution in [1.82, 2.24) is 5.16 Å². The van der Waals surface area contributed by atoms with Gasteiger partial charge < -0.3 is 9.26 Å². The second-order valence-electron chi connectivity index (χ2n) is 3.52. The molecule has 0 bridgehead atoms. The number of ether oxygens (including phenoxy) is 1. The van der Waals surface area contributed by atoms with Crippen molar-refractivity contribution in [1.29, 1.82) is 0 Å². The predicted molar refractivity (Wildman–Crippen MR) is 62.1 cm³/mol. The third-order valence-corrected chi connectivity index (χ3v) is 2.06. The minimum Gasteiger partial charge on any atom is -0.450 e. The molecule has 0 radical (unpaired) electrons. The number of hydrogen-bond donors (Lipinski definition) is 1. The van der Waals surface area contributed by atoms with Gasteiger partial charge in [-0.05, 0) is 19.1 Å². The lowest BCUT2D eigenvalue weighted by atomic mass is 10.3. The SMILES string of the molecule is CC(=O)Nc1onc(C)c1Oc1ccccc1. The lowest BCUT2D eigenvalue weighted by Crippen LogP contribution is -2.05. The topological polar surface area (TPSA) is 64.4 Å². The van der Waals surface area contributed by atoms with E-state index in [2.05, 4.69) is 10.5 Å². The van der Waals surface area contributed by atoms with Crippen LogP contribution < -0.4 is 10.1 Å². The average Bonchev–Trinajstić information content (AvgIpc) is 2.62. The number of para-hydroxylation sites is 1. The standard InChI is InChI=1S/C12H12N2O3/c1-8-11(12(17-14-8)13-9(2)15)16-10-6-4-3-5-7-10/h3-7H,1-2H3,(H,13,15). The Balaban J connectivity index is 2.26. The molecule has 17 heavy (non-hydrogen) atoms. The van der Waals surface area contributed by atoms with Crippen molar-refractivity contribution in [3.05, 3.63) is 36.0 Å². The van der Waals surface area contributed by atoms with Crippen LogP contribution in [0.4, 0.5) is 5.88 Å². The fraction of sp³-hybridized carbons (Fsp3) is 0.167. The van der Waals surface area contributed by atoms with Gasteiger partial charge >= 0.3 is 0 Å². The molecule has 0 spiro atoms. The van der Waals surface area contributed by atoms with Crippen molar-refractivity contribution in [2.75, 3.05) is 5.32 Å². The molecule has 88 valence electrons.